The molecule has 6 heteroatoms. The number of amides is 1. The van der Waals surface area contributed by atoms with E-state index in [1.54, 1.807) is 33.0 Å². The minimum absolute atomic E-state index is 0.341. The highest BCUT2D eigenvalue weighted by Gasteiger charge is 2.20. The molecule has 0 unspecified atom stereocenters. The molecule has 0 saturated heterocycles. The minimum atomic E-state index is -0.598. The van der Waals surface area contributed by atoms with E-state index < -0.39 is 17.3 Å². The van der Waals surface area contributed by atoms with Gasteiger partial charge in [0.1, 0.15) is 17.0 Å². The van der Waals surface area contributed by atoms with Crippen LogP contribution in [0, 0.1) is 0 Å². The lowest BCUT2D eigenvalue weighted by atomic mass is 9.99. The van der Waals surface area contributed by atoms with Crippen molar-refractivity contribution in [3.8, 4) is 11.1 Å². The summed E-state index contributed by atoms with van der Waals surface area (Å²) < 4.78 is 10.9. The monoisotopic (exact) mass is 514 g/mol. The van der Waals surface area contributed by atoms with Crippen LogP contribution in [0.15, 0.2) is 84.6 Å². The molecule has 1 aromatic heterocycles. The number of benzene rings is 2. The van der Waals surface area contributed by atoms with Crippen molar-refractivity contribution in [2.75, 3.05) is 5.32 Å². The van der Waals surface area contributed by atoms with E-state index in [9.17, 15) is 9.59 Å². The Balaban J connectivity index is 1.70. The molecule has 200 valence electrons. The van der Waals surface area contributed by atoms with Crippen molar-refractivity contribution < 1.29 is 19.1 Å². The van der Waals surface area contributed by atoms with E-state index in [1.165, 1.54) is 16.7 Å². The van der Waals surface area contributed by atoms with E-state index >= 15 is 0 Å². The second-order valence-corrected chi connectivity index (χ2v) is 11.2. The Labute approximate surface area is 226 Å². The highest BCUT2D eigenvalue weighted by atomic mass is 16.6. The van der Waals surface area contributed by atoms with Crippen molar-refractivity contribution in [3.05, 3.63) is 95.7 Å². The molecule has 1 N–H and O–H groups in total. The lowest BCUT2D eigenvalue weighted by Crippen LogP contribution is -2.27. The Morgan fingerprint density at radius 3 is 2.13 bits per heavy atom. The van der Waals surface area contributed by atoms with Gasteiger partial charge in [-0.2, -0.15) is 0 Å². The molecule has 0 saturated carbocycles. The molecule has 0 bridgehead atoms. The van der Waals surface area contributed by atoms with Gasteiger partial charge in [0, 0.05) is 18.2 Å². The van der Waals surface area contributed by atoms with Crippen LogP contribution in [-0.2, 0) is 27.1 Å². The number of nitrogens with zero attached hydrogens (tertiary/aromatic N) is 1. The predicted octanol–water partition coefficient (Wildman–Crippen LogP) is 7.54. The van der Waals surface area contributed by atoms with Gasteiger partial charge in [0.25, 0.3) is 0 Å². The van der Waals surface area contributed by atoms with E-state index in [-0.39, 0.29) is 5.97 Å². The Morgan fingerprint density at radius 2 is 1.50 bits per heavy atom. The van der Waals surface area contributed by atoms with E-state index in [0.717, 1.165) is 12.0 Å². The van der Waals surface area contributed by atoms with Gasteiger partial charge in [0.15, 0.2) is 0 Å². The molecule has 0 spiro atoms. The Bertz CT molecular complexity index is 1250. The largest absolute Gasteiger partial charge is 0.457 e. The molecule has 0 atom stereocenters. The van der Waals surface area contributed by atoms with Crippen LogP contribution >= 0.6 is 0 Å². The number of hydrogen-bond donors (Lipinski definition) is 1. The summed E-state index contributed by atoms with van der Waals surface area (Å²) in [6.45, 7) is 11.0. The standard InChI is InChI=1S/C32H38N2O4/c1-31(2,3)37-29(35)27(21-24-18-19-28(33-22-24)34-30(36)38-32(4,5)6)17-11-13-23-12-10-16-26(20-23)25-14-8-7-9-15-25/h7-10,12,14-20,22H,11,13,21H2,1-6H3,(H,33,34,36). The number of nitrogens with one attached hydrogen (secondary N) is 1. The maximum atomic E-state index is 13.0. The third-order valence-electron chi connectivity index (χ3n) is 5.37. The predicted molar refractivity (Wildman–Crippen MR) is 152 cm³/mol. The van der Waals surface area contributed by atoms with Gasteiger partial charge >= 0.3 is 12.1 Å². The molecular weight excluding hydrogens is 476 g/mol. The summed E-state index contributed by atoms with van der Waals surface area (Å²) >= 11 is 0. The summed E-state index contributed by atoms with van der Waals surface area (Å²) in [6, 6.07) is 22.3. The van der Waals surface area contributed by atoms with Gasteiger partial charge in [0.05, 0.1) is 0 Å². The first-order valence-corrected chi connectivity index (χ1v) is 12.9. The molecule has 2 aromatic carbocycles. The number of aromatic nitrogens is 1. The maximum absolute atomic E-state index is 13.0. The second-order valence-electron chi connectivity index (χ2n) is 11.2. The molecule has 38 heavy (non-hydrogen) atoms. The number of carbonyl (C=O) groups is 2. The fourth-order valence-electron chi connectivity index (χ4n) is 3.75. The third kappa shape index (κ3) is 9.85. The highest BCUT2D eigenvalue weighted by Crippen LogP contribution is 2.22. The lowest BCUT2D eigenvalue weighted by Gasteiger charge is -2.21. The SMILES string of the molecule is CC(C)(C)OC(=O)Nc1ccc(CC(=CCCc2cccc(-c3ccccc3)c2)C(=O)OC(C)(C)C)cn1. The highest BCUT2D eigenvalue weighted by molar-refractivity contribution is 5.89. The van der Waals surface area contributed by atoms with Crippen LogP contribution in [0.2, 0.25) is 0 Å². The number of pyridine rings is 1. The molecule has 0 fully saturated rings. The summed E-state index contributed by atoms with van der Waals surface area (Å²) in [6.07, 6.45) is 4.90. The second kappa shape index (κ2) is 12.5. The van der Waals surface area contributed by atoms with Crippen LogP contribution in [-0.4, -0.2) is 28.2 Å². The van der Waals surface area contributed by atoms with Crippen LogP contribution < -0.4 is 5.32 Å². The van der Waals surface area contributed by atoms with E-state index in [1.807, 2.05) is 51.1 Å². The van der Waals surface area contributed by atoms with Gasteiger partial charge < -0.3 is 9.47 Å². The molecule has 0 radical (unpaired) electrons. The summed E-state index contributed by atoms with van der Waals surface area (Å²) in [5.41, 5.74) is 3.77. The van der Waals surface area contributed by atoms with Crippen molar-refractivity contribution >= 4 is 17.9 Å². The molecular formula is C32H38N2O4. The average molecular weight is 515 g/mol. The first-order valence-electron chi connectivity index (χ1n) is 12.9. The molecule has 0 aliphatic carbocycles. The van der Waals surface area contributed by atoms with Crippen LogP contribution in [0.4, 0.5) is 10.6 Å². The van der Waals surface area contributed by atoms with E-state index in [4.69, 9.17) is 9.47 Å². The fraction of sp³-hybridized carbons (Fsp3) is 0.344. The Hall–Kier alpha value is -3.93. The number of rotatable bonds is 8. The minimum Gasteiger partial charge on any atom is -0.457 e. The van der Waals surface area contributed by atoms with Gasteiger partial charge in [-0.3, -0.25) is 5.32 Å². The van der Waals surface area contributed by atoms with E-state index in [2.05, 4.69) is 46.7 Å². The molecule has 1 amide bonds. The van der Waals surface area contributed by atoms with Gasteiger partial charge in [-0.15, -0.1) is 0 Å². The van der Waals surface area contributed by atoms with Gasteiger partial charge in [0.2, 0.25) is 0 Å². The molecule has 3 aromatic rings. The number of aryl methyl sites for hydroxylation is 1. The zero-order valence-electron chi connectivity index (χ0n) is 23.2. The number of hydrogen-bond acceptors (Lipinski definition) is 5. The quantitative estimate of drug-likeness (QED) is 0.248. The normalized spacial score (nSPS) is 12.1. The summed E-state index contributed by atoms with van der Waals surface area (Å²) in [5, 5.41) is 2.62. The van der Waals surface area contributed by atoms with Crippen molar-refractivity contribution in [1.82, 2.24) is 4.98 Å². The smallest absolute Gasteiger partial charge is 0.413 e. The number of esters is 1. The zero-order valence-corrected chi connectivity index (χ0v) is 23.2. The maximum Gasteiger partial charge on any atom is 0.413 e. The number of carbonyl (C=O) groups excluding carboxylic acids is 2. The molecule has 3 rings (SSSR count). The lowest BCUT2D eigenvalue weighted by molar-refractivity contribution is -0.150. The van der Waals surface area contributed by atoms with Gasteiger partial charge in [-0.1, -0.05) is 66.7 Å². The Morgan fingerprint density at radius 1 is 0.816 bits per heavy atom. The molecule has 1 heterocycles. The first-order chi connectivity index (χ1) is 17.9. The zero-order chi connectivity index (χ0) is 27.8. The fourth-order valence-corrected chi connectivity index (χ4v) is 3.75. The van der Waals surface area contributed by atoms with Gasteiger partial charge in [-0.25, -0.2) is 14.6 Å². The Kier molecular flexibility index (Phi) is 9.45. The van der Waals surface area contributed by atoms with E-state index in [0.29, 0.717) is 24.2 Å². The van der Waals surface area contributed by atoms with Crippen LogP contribution in [0.5, 0.6) is 0 Å². The molecule has 0 aliphatic rings. The summed E-state index contributed by atoms with van der Waals surface area (Å²) in [5.74, 6) is 0.0376. The first kappa shape index (κ1) is 28.6. The van der Waals surface area contributed by atoms with Crippen molar-refractivity contribution in [2.24, 2.45) is 0 Å². The molecule has 6 nitrogen and oxygen atoms in total. The van der Waals surface area contributed by atoms with Gasteiger partial charge in [-0.05, 0) is 82.7 Å². The third-order valence-corrected chi connectivity index (χ3v) is 5.37. The summed E-state index contributed by atoms with van der Waals surface area (Å²) in [4.78, 5) is 29.3. The summed E-state index contributed by atoms with van der Waals surface area (Å²) in [7, 11) is 0. The number of ether oxygens (including phenoxy) is 2. The van der Waals surface area contributed by atoms with Crippen molar-refractivity contribution in [2.45, 2.75) is 72.0 Å². The van der Waals surface area contributed by atoms with Crippen LogP contribution in [0.1, 0.15) is 59.1 Å². The number of anilines is 1. The molecule has 0 aliphatic heterocycles. The van der Waals surface area contributed by atoms with Crippen LogP contribution in [0.25, 0.3) is 11.1 Å². The number of allylic oxidation sites excluding steroid dienone is 1. The van der Waals surface area contributed by atoms with Crippen molar-refractivity contribution in [3.63, 3.8) is 0 Å². The van der Waals surface area contributed by atoms with Crippen molar-refractivity contribution in [1.29, 1.82) is 0 Å². The average Bonchev–Trinajstić information content (AvgIpc) is 2.83. The van der Waals surface area contributed by atoms with Crippen LogP contribution in [0.3, 0.4) is 0 Å². The topological polar surface area (TPSA) is 77.5 Å².